The minimum absolute atomic E-state index is 0.105. The van der Waals surface area contributed by atoms with Crippen LogP contribution in [-0.2, 0) is 4.74 Å². The minimum Gasteiger partial charge on any atom is -0.367 e. The summed E-state index contributed by atoms with van der Waals surface area (Å²) in [6.07, 6.45) is 2.78. The smallest absolute Gasteiger partial charge is 0.0956 e. The van der Waals surface area contributed by atoms with Gasteiger partial charge in [0, 0.05) is 12.6 Å². The van der Waals surface area contributed by atoms with Crippen LogP contribution >= 0.6 is 0 Å². The molecule has 0 heterocycles. The third kappa shape index (κ3) is 4.49. The number of ether oxygens (including phenoxy) is 1. The van der Waals surface area contributed by atoms with Gasteiger partial charge in [-0.05, 0) is 39.2 Å². The fourth-order valence-electron chi connectivity index (χ4n) is 1.88. The average molecular weight is 233 g/mol. The normalized spacial score (nSPS) is 18.1. The molecule has 1 saturated carbocycles. The highest BCUT2D eigenvalue weighted by molar-refractivity contribution is 5.18. The van der Waals surface area contributed by atoms with Crippen LogP contribution < -0.4 is 5.32 Å². The van der Waals surface area contributed by atoms with Gasteiger partial charge in [-0.25, -0.2) is 0 Å². The first-order chi connectivity index (χ1) is 8.04. The Morgan fingerprint density at radius 3 is 2.41 bits per heavy atom. The summed E-state index contributed by atoms with van der Waals surface area (Å²) in [7, 11) is 0. The molecular formula is C15H23NO. The molecule has 1 aromatic rings. The Hall–Kier alpha value is -0.860. The van der Waals surface area contributed by atoms with Gasteiger partial charge < -0.3 is 10.1 Å². The van der Waals surface area contributed by atoms with Crippen molar-refractivity contribution in [3.63, 3.8) is 0 Å². The highest BCUT2D eigenvalue weighted by Gasteiger charge is 2.25. The molecule has 1 fully saturated rings. The molecule has 1 unspecified atom stereocenters. The van der Waals surface area contributed by atoms with Gasteiger partial charge in [-0.2, -0.15) is 0 Å². The summed E-state index contributed by atoms with van der Waals surface area (Å²) in [6, 6.07) is 11.2. The molecule has 2 rings (SSSR count). The van der Waals surface area contributed by atoms with Gasteiger partial charge in [0.2, 0.25) is 0 Å². The van der Waals surface area contributed by atoms with E-state index in [0.717, 1.165) is 12.6 Å². The molecule has 0 radical (unpaired) electrons. The van der Waals surface area contributed by atoms with Crippen molar-refractivity contribution in [2.24, 2.45) is 0 Å². The SMILES string of the molecule is CC(C)(C)OC(CNC1CC1)c1ccccc1. The van der Waals surface area contributed by atoms with E-state index >= 15 is 0 Å². The number of hydrogen-bond donors (Lipinski definition) is 1. The molecule has 0 spiro atoms. The fourth-order valence-corrected chi connectivity index (χ4v) is 1.88. The molecule has 0 aromatic heterocycles. The molecular weight excluding hydrogens is 210 g/mol. The van der Waals surface area contributed by atoms with Crippen LogP contribution in [0, 0.1) is 0 Å². The summed E-state index contributed by atoms with van der Waals surface area (Å²) < 4.78 is 6.14. The number of rotatable bonds is 5. The lowest BCUT2D eigenvalue weighted by atomic mass is 10.1. The molecule has 0 aliphatic heterocycles. The lowest BCUT2D eigenvalue weighted by Crippen LogP contribution is -2.31. The summed E-state index contributed by atoms with van der Waals surface area (Å²) in [5.41, 5.74) is 1.15. The average Bonchev–Trinajstić information content (AvgIpc) is 3.08. The van der Waals surface area contributed by atoms with Crippen molar-refractivity contribution in [1.82, 2.24) is 5.32 Å². The molecule has 94 valence electrons. The van der Waals surface area contributed by atoms with Crippen molar-refractivity contribution in [3.05, 3.63) is 35.9 Å². The fraction of sp³-hybridized carbons (Fsp3) is 0.600. The van der Waals surface area contributed by atoms with E-state index in [4.69, 9.17) is 4.74 Å². The standard InChI is InChI=1S/C15H23NO/c1-15(2,3)17-14(11-16-13-9-10-13)12-7-5-4-6-8-12/h4-8,13-14,16H,9-11H2,1-3H3. The molecule has 0 bridgehead atoms. The Labute approximate surface area is 104 Å². The maximum Gasteiger partial charge on any atom is 0.0956 e. The predicted octanol–water partition coefficient (Wildman–Crippen LogP) is 3.29. The number of hydrogen-bond acceptors (Lipinski definition) is 2. The van der Waals surface area contributed by atoms with E-state index in [9.17, 15) is 0 Å². The first kappa shape index (κ1) is 12.6. The van der Waals surface area contributed by atoms with Crippen LogP contribution in [-0.4, -0.2) is 18.2 Å². The van der Waals surface area contributed by atoms with Crippen LogP contribution in [0.5, 0.6) is 0 Å². The number of nitrogens with one attached hydrogen (secondary N) is 1. The van der Waals surface area contributed by atoms with Gasteiger partial charge in [-0.1, -0.05) is 30.3 Å². The lowest BCUT2D eigenvalue weighted by Gasteiger charge is -2.28. The first-order valence-corrected chi connectivity index (χ1v) is 6.51. The van der Waals surface area contributed by atoms with E-state index in [1.54, 1.807) is 0 Å². The number of benzene rings is 1. The Morgan fingerprint density at radius 1 is 1.24 bits per heavy atom. The van der Waals surface area contributed by atoms with Crippen molar-refractivity contribution in [3.8, 4) is 0 Å². The molecule has 1 N–H and O–H groups in total. The topological polar surface area (TPSA) is 21.3 Å². The highest BCUT2D eigenvalue weighted by Crippen LogP contribution is 2.25. The molecule has 1 aliphatic carbocycles. The molecule has 2 nitrogen and oxygen atoms in total. The second kappa shape index (κ2) is 5.19. The van der Waals surface area contributed by atoms with Gasteiger partial charge in [-0.3, -0.25) is 0 Å². The van der Waals surface area contributed by atoms with Crippen molar-refractivity contribution < 1.29 is 4.74 Å². The highest BCUT2D eigenvalue weighted by atomic mass is 16.5. The molecule has 17 heavy (non-hydrogen) atoms. The third-order valence-electron chi connectivity index (χ3n) is 2.84. The second-order valence-electron chi connectivity index (χ2n) is 5.81. The molecule has 2 heteroatoms. The van der Waals surface area contributed by atoms with Crippen LogP contribution in [0.25, 0.3) is 0 Å². The van der Waals surface area contributed by atoms with Crippen LogP contribution in [0.3, 0.4) is 0 Å². The van der Waals surface area contributed by atoms with Gasteiger partial charge in [0.25, 0.3) is 0 Å². The maximum absolute atomic E-state index is 6.14. The van der Waals surface area contributed by atoms with Gasteiger partial charge in [0.15, 0.2) is 0 Å². The van der Waals surface area contributed by atoms with E-state index in [1.165, 1.54) is 18.4 Å². The van der Waals surface area contributed by atoms with Gasteiger partial charge in [0.1, 0.15) is 0 Å². The van der Waals surface area contributed by atoms with Crippen LogP contribution in [0.15, 0.2) is 30.3 Å². The van der Waals surface area contributed by atoms with Crippen LogP contribution in [0.1, 0.15) is 45.3 Å². The van der Waals surface area contributed by atoms with E-state index in [0.29, 0.717) is 0 Å². The molecule has 0 saturated heterocycles. The minimum atomic E-state index is -0.105. The van der Waals surface area contributed by atoms with Crippen molar-refractivity contribution in [2.45, 2.75) is 51.4 Å². The zero-order valence-electron chi connectivity index (χ0n) is 11.1. The quantitative estimate of drug-likeness (QED) is 0.842. The Morgan fingerprint density at radius 2 is 1.88 bits per heavy atom. The van der Waals surface area contributed by atoms with E-state index < -0.39 is 0 Å². The Bertz CT molecular complexity index is 338. The maximum atomic E-state index is 6.14. The summed E-state index contributed by atoms with van der Waals surface area (Å²) in [4.78, 5) is 0. The second-order valence-corrected chi connectivity index (χ2v) is 5.81. The van der Waals surface area contributed by atoms with E-state index in [2.05, 4.69) is 50.4 Å². The van der Waals surface area contributed by atoms with Crippen molar-refractivity contribution >= 4 is 0 Å². The van der Waals surface area contributed by atoms with Crippen molar-refractivity contribution in [1.29, 1.82) is 0 Å². The van der Waals surface area contributed by atoms with Gasteiger partial charge in [-0.15, -0.1) is 0 Å². The first-order valence-electron chi connectivity index (χ1n) is 6.51. The Balaban J connectivity index is 2.00. The van der Waals surface area contributed by atoms with Gasteiger partial charge >= 0.3 is 0 Å². The molecule has 1 aliphatic rings. The molecule has 1 atom stereocenters. The van der Waals surface area contributed by atoms with E-state index in [1.807, 2.05) is 6.07 Å². The Kier molecular flexibility index (Phi) is 3.85. The summed E-state index contributed by atoms with van der Waals surface area (Å²) in [5.74, 6) is 0. The van der Waals surface area contributed by atoms with Crippen molar-refractivity contribution in [2.75, 3.05) is 6.54 Å². The monoisotopic (exact) mass is 233 g/mol. The zero-order valence-corrected chi connectivity index (χ0v) is 11.1. The predicted molar refractivity (Wildman–Crippen MR) is 71.0 cm³/mol. The van der Waals surface area contributed by atoms with Gasteiger partial charge in [0.05, 0.1) is 11.7 Å². The summed E-state index contributed by atoms with van der Waals surface area (Å²) in [6.45, 7) is 7.24. The summed E-state index contributed by atoms with van der Waals surface area (Å²) >= 11 is 0. The largest absolute Gasteiger partial charge is 0.367 e. The van der Waals surface area contributed by atoms with Crippen LogP contribution in [0.2, 0.25) is 0 Å². The molecule has 0 amide bonds. The van der Waals surface area contributed by atoms with Crippen LogP contribution in [0.4, 0.5) is 0 Å². The summed E-state index contributed by atoms with van der Waals surface area (Å²) in [5, 5.41) is 3.55. The third-order valence-corrected chi connectivity index (χ3v) is 2.84. The lowest BCUT2D eigenvalue weighted by molar-refractivity contribution is -0.0607. The molecule has 1 aromatic carbocycles. The van der Waals surface area contributed by atoms with E-state index in [-0.39, 0.29) is 11.7 Å². The zero-order chi connectivity index (χ0) is 12.3.